The molecule has 90 valence electrons. The molecular weight excluding hydrogens is 194 g/mol. The van der Waals surface area contributed by atoms with Gasteiger partial charge < -0.3 is 19.5 Å². The fourth-order valence-electron chi connectivity index (χ4n) is 1.25. The zero-order valence-corrected chi connectivity index (χ0v) is 9.67. The second-order valence-corrected chi connectivity index (χ2v) is 3.80. The van der Waals surface area contributed by atoms with Crippen molar-refractivity contribution < 1.29 is 14.2 Å². The maximum absolute atomic E-state index is 5.40. The predicted molar refractivity (Wildman–Crippen MR) is 59.2 cm³/mol. The van der Waals surface area contributed by atoms with E-state index in [2.05, 4.69) is 5.32 Å². The van der Waals surface area contributed by atoms with Crippen molar-refractivity contribution in [3.8, 4) is 0 Å². The second kappa shape index (κ2) is 9.09. The number of methoxy groups -OCH3 is 1. The van der Waals surface area contributed by atoms with E-state index in [0.717, 1.165) is 38.8 Å². The van der Waals surface area contributed by atoms with Crippen LogP contribution in [0.2, 0.25) is 0 Å². The molecule has 0 unspecified atom stereocenters. The van der Waals surface area contributed by atoms with Gasteiger partial charge in [-0.1, -0.05) is 0 Å². The van der Waals surface area contributed by atoms with Crippen LogP contribution in [0.3, 0.4) is 0 Å². The van der Waals surface area contributed by atoms with Gasteiger partial charge in [0.05, 0.1) is 19.8 Å². The fraction of sp³-hybridized carbons (Fsp3) is 1.00. The van der Waals surface area contributed by atoms with E-state index in [9.17, 15) is 0 Å². The third-order valence-corrected chi connectivity index (χ3v) is 2.27. The molecule has 0 radical (unpaired) electrons. The molecule has 1 fully saturated rings. The smallest absolute Gasteiger partial charge is 0.0701 e. The van der Waals surface area contributed by atoms with Gasteiger partial charge in [0, 0.05) is 32.9 Å². The molecule has 0 aromatic rings. The Morgan fingerprint density at radius 1 is 1.00 bits per heavy atom. The molecule has 0 saturated heterocycles. The van der Waals surface area contributed by atoms with Crippen LogP contribution < -0.4 is 5.32 Å². The van der Waals surface area contributed by atoms with Crippen LogP contribution in [-0.2, 0) is 14.2 Å². The molecule has 1 rings (SSSR count). The van der Waals surface area contributed by atoms with Crippen molar-refractivity contribution in [2.24, 2.45) is 0 Å². The van der Waals surface area contributed by atoms with E-state index in [1.54, 1.807) is 7.11 Å². The Labute approximate surface area is 92.3 Å². The standard InChI is InChI=1S/C11H23NO3/c1-13-6-2-7-14-9-10-15-8-5-12-11-3-4-11/h11-12H,2-10H2,1H3. The lowest BCUT2D eigenvalue weighted by molar-refractivity contribution is 0.0408. The van der Waals surface area contributed by atoms with Crippen molar-refractivity contribution in [1.82, 2.24) is 5.32 Å². The van der Waals surface area contributed by atoms with Crippen LogP contribution in [0.4, 0.5) is 0 Å². The van der Waals surface area contributed by atoms with E-state index < -0.39 is 0 Å². The first-order valence-corrected chi connectivity index (χ1v) is 5.81. The summed E-state index contributed by atoms with van der Waals surface area (Å²) in [4.78, 5) is 0. The van der Waals surface area contributed by atoms with Gasteiger partial charge in [0.15, 0.2) is 0 Å². The summed E-state index contributed by atoms with van der Waals surface area (Å²) >= 11 is 0. The Bertz CT molecular complexity index is 140. The maximum atomic E-state index is 5.40. The Morgan fingerprint density at radius 2 is 1.73 bits per heavy atom. The average Bonchev–Trinajstić information content (AvgIpc) is 3.05. The number of hydrogen-bond donors (Lipinski definition) is 1. The first kappa shape index (κ1) is 12.9. The van der Waals surface area contributed by atoms with Gasteiger partial charge in [0.25, 0.3) is 0 Å². The summed E-state index contributed by atoms with van der Waals surface area (Å²) in [6, 6.07) is 0.777. The molecule has 0 bridgehead atoms. The van der Waals surface area contributed by atoms with Crippen molar-refractivity contribution in [2.75, 3.05) is 46.7 Å². The van der Waals surface area contributed by atoms with E-state index in [4.69, 9.17) is 14.2 Å². The first-order valence-electron chi connectivity index (χ1n) is 5.81. The molecule has 0 aromatic heterocycles. The first-order chi connectivity index (χ1) is 7.43. The minimum Gasteiger partial charge on any atom is -0.385 e. The van der Waals surface area contributed by atoms with E-state index in [1.165, 1.54) is 12.8 Å². The minimum absolute atomic E-state index is 0.688. The Kier molecular flexibility index (Phi) is 7.83. The van der Waals surface area contributed by atoms with Crippen molar-refractivity contribution in [1.29, 1.82) is 0 Å². The third-order valence-electron chi connectivity index (χ3n) is 2.27. The van der Waals surface area contributed by atoms with Gasteiger partial charge in [0.1, 0.15) is 0 Å². The van der Waals surface area contributed by atoms with Gasteiger partial charge in [-0.05, 0) is 19.3 Å². The average molecular weight is 217 g/mol. The largest absolute Gasteiger partial charge is 0.385 e. The van der Waals surface area contributed by atoms with Crippen LogP contribution in [0.25, 0.3) is 0 Å². The van der Waals surface area contributed by atoms with Gasteiger partial charge in [-0.15, -0.1) is 0 Å². The van der Waals surface area contributed by atoms with E-state index in [0.29, 0.717) is 13.2 Å². The lowest BCUT2D eigenvalue weighted by atomic mass is 10.5. The Morgan fingerprint density at radius 3 is 2.40 bits per heavy atom. The maximum Gasteiger partial charge on any atom is 0.0701 e. The number of ether oxygens (including phenoxy) is 3. The zero-order chi connectivity index (χ0) is 10.8. The van der Waals surface area contributed by atoms with Crippen LogP contribution in [0.5, 0.6) is 0 Å². The fourth-order valence-corrected chi connectivity index (χ4v) is 1.25. The summed E-state index contributed by atoms with van der Waals surface area (Å²) in [5, 5.41) is 3.39. The molecule has 1 aliphatic rings. The highest BCUT2D eigenvalue weighted by molar-refractivity contribution is 4.80. The van der Waals surface area contributed by atoms with Crippen LogP contribution in [0.15, 0.2) is 0 Å². The molecule has 4 heteroatoms. The molecule has 1 N–H and O–H groups in total. The topological polar surface area (TPSA) is 39.7 Å². The molecule has 0 aliphatic heterocycles. The van der Waals surface area contributed by atoms with Gasteiger partial charge in [0.2, 0.25) is 0 Å². The zero-order valence-electron chi connectivity index (χ0n) is 9.67. The van der Waals surface area contributed by atoms with Crippen molar-refractivity contribution in [3.63, 3.8) is 0 Å². The number of rotatable bonds is 11. The Balaban J connectivity index is 1.62. The molecular formula is C11H23NO3. The summed E-state index contributed by atoms with van der Waals surface area (Å²) in [6.07, 6.45) is 3.63. The molecule has 15 heavy (non-hydrogen) atoms. The van der Waals surface area contributed by atoms with Crippen LogP contribution in [-0.4, -0.2) is 52.7 Å². The highest BCUT2D eigenvalue weighted by atomic mass is 16.5. The second-order valence-electron chi connectivity index (χ2n) is 3.80. The van der Waals surface area contributed by atoms with E-state index >= 15 is 0 Å². The monoisotopic (exact) mass is 217 g/mol. The summed E-state index contributed by atoms with van der Waals surface area (Å²) in [6.45, 7) is 4.67. The van der Waals surface area contributed by atoms with E-state index in [1.807, 2.05) is 0 Å². The van der Waals surface area contributed by atoms with Crippen molar-refractivity contribution in [3.05, 3.63) is 0 Å². The molecule has 1 aliphatic carbocycles. The van der Waals surface area contributed by atoms with Gasteiger partial charge in [-0.2, -0.15) is 0 Å². The van der Waals surface area contributed by atoms with Gasteiger partial charge in [-0.25, -0.2) is 0 Å². The molecule has 0 aromatic carbocycles. The van der Waals surface area contributed by atoms with Crippen molar-refractivity contribution in [2.45, 2.75) is 25.3 Å². The van der Waals surface area contributed by atoms with Crippen LogP contribution in [0, 0.1) is 0 Å². The molecule has 0 atom stereocenters. The normalized spacial score (nSPS) is 15.8. The number of hydrogen-bond acceptors (Lipinski definition) is 4. The molecule has 1 saturated carbocycles. The summed E-state index contributed by atoms with van der Waals surface area (Å²) in [7, 11) is 1.70. The SMILES string of the molecule is COCCCOCCOCCNC1CC1. The highest BCUT2D eigenvalue weighted by Gasteiger charge is 2.19. The van der Waals surface area contributed by atoms with Gasteiger partial charge in [-0.3, -0.25) is 0 Å². The summed E-state index contributed by atoms with van der Waals surface area (Å²) in [5.74, 6) is 0. The number of nitrogens with one attached hydrogen (secondary N) is 1. The van der Waals surface area contributed by atoms with Gasteiger partial charge >= 0.3 is 0 Å². The third kappa shape index (κ3) is 8.81. The summed E-state index contributed by atoms with van der Waals surface area (Å²) in [5.41, 5.74) is 0. The molecule has 4 nitrogen and oxygen atoms in total. The minimum atomic E-state index is 0.688. The van der Waals surface area contributed by atoms with E-state index in [-0.39, 0.29) is 0 Å². The van der Waals surface area contributed by atoms with Crippen molar-refractivity contribution >= 4 is 0 Å². The lowest BCUT2D eigenvalue weighted by Gasteiger charge is -2.06. The predicted octanol–water partition coefficient (Wildman–Crippen LogP) is 0.808. The highest BCUT2D eigenvalue weighted by Crippen LogP contribution is 2.17. The summed E-state index contributed by atoms with van der Waals surface area (Å²) < 4.78 is 15.7. The molecule has 0 heterocycles. The van der Waals surface area contributed by atoms with Crippen LogP contribution in [0.1, 0.15) is 19.3 Å². The molecule has 0 spiro atoms. The molecule has 0 amide bonds. The van der Waals surface area contributed by atoms with Crippen LogP contribution >= 0.6 is 0 Å². The Hall–Kier alpha value is -0.160. The quantitative estimate of drug-likeness (QED) is 0.520. The lowest BCUT2D eigenvalue weighted by Crippen LogP contribution is -2.22.